The van der Waals surface area contributed by atoms with Gasteiger partial charge in [0.25, 0.3) is 5.91 Å². The Labute approximate surface area is 158 Å². The molecular weight excluding hydrogens is 346 g/mol. The normalized spacial score (nSPS) is 10.8. The summed E-state index contributed by atoms with van der Waals surface area (Å²) in [6.45, 7) is 3.31. The molecule has 0 aliphatic rings. The molecule has 0 radical (unpaired) electrons. The molecule has 1 aromatic heterocycles. The zero-order valence-corrected chi connectivity index (χ0v) is 15.7. The van der Waals surface area contributed by atoms with E-state index in [1.165, 1.54) is 0 Å². The smallest absolute Gasteiger partial charge is 0.287 e. The molecule has 0 aliphatic carbocycles. The molecule has 1 heterocycles. The summed E-state index contributed by atoms with van der Waals surface area (Å²) in [5.74, 6) is 1.57. The van der Waals surface area contributed by atoms with Gasteiger partial charge in [0, 0.05) is 24.6 Å². The predicted octanol–water partition coefficient (Wildman–Crippen LogP) is 3.71. The van der Waals surface area contributed by atoms with Gasteiger partial charge in [-0.15, -0.1) is 0 Å². The van der Waals surface area contributed by atoms with Gasteiger partial charge in [-0.25, -0.2) is 0 Å². The van der Waals surface area contributed by atoms with Gasteiger partial charge in [-0.1, -0.05) is 12.1 Å². The molecule has 3 aromatic rings. The van der Waals surface area contributed by atoms with Gasteiger partial charge < -0.3 is 23.9 Å². The SMILES string of the molecule is COCCOc1ccc(CNC(=O)c2oc3ccc(OC)cc3c2C)cc1. The number of methoxy groups -OCH3 is 2. The summed E-state index contributed by atoms with van der Waals surface area (Å²) in [6, 6.07) is 13.1. The fraction of sp³-hybridized carbons (Fsp3) is 0.286. The van der Waals surface area contributed by atoms with Crippen LogP contribution in [0.2, 0.25) is 0 Å². The average Bonchev–Trinajstić information content (AvgIpc) is 3.03. The summed E-state index contributed by atoms with van der Waals surface area (Å²) in [5.41, 5.74) is 2.43. The van der Waals surface area contributed by atoms with Crippen molar-refractivity contribution in [1.82, 2.24) is 5.32 Å². The van der Waals surface area contributed by atoms with Crippen molar-refractivity contribution in [2.24, 2.45) is 0 Å². The summed E-state index contributed by atoms with van der Waals surface area (Å²) >= 11 is 0. The number of aryl methyl sites for hydroxylation is 1. The van der Waals surface area contributed by atoms with Gasteiger partial charge in [0.2, 0.25) is 0 Å². The van der Waals surface area contributed by atoms with Crippen molar-refractivity contribution in [2.45, 2.75) is 13.5 Å². The highest BCUT2D eigenvalue weighted by Crippen LogP contribution is 2.28. The van der Waals surface area contributed by atoms with E-state index in [4.69, 9.17) is 18.6 Å². The van der Waals surface area contributed by atoms with E-state index in [1.807, 2.05) is 43.3 Å². The molecule has 0 atom stereocenters. The fourth-order valence-corrected chi connectivity index (χ4v) is 2.75. The Morgan fingerprint density at radius 3 is 2.48 bits per heavy atom. The highest BCUT2D eigenvalue weighted by molar-refractivity contribution is 5.99. The maximum Gasteiger partial charge on any atom is 0.287 e. The van der Waals surface area contributed by atoms with Crippen molar-refractivity contribution in [3.05, 3.63) is 59.4 Å². The first-order valence-electron chi connectivity index (χ1n) is 8.68. The molecule has 3 rings (SSSR count). The lowest BCUT2D eigenvalue weighted by molar-refractivity contribution is 0.0924. The van der Waals surface area contributed by atoms with E-state index in [1.54, 1.807) is 20.3 Å². The van der Waals surface area contributed by atoms with Gasteiger partial charge in [-0.3, -0.25) is 4.79 Å². The molecule has 0 aliphatic heterocycles. The molecule has 0 spiro atoms. The van der Waals surface area contributed by atoms with Gasteiger partial charge in [0.1, 0.15) is 23.7 Å². The lowest BCUT2D eigenvalue weighted by Crippen LogP contribution is -2.22. The van der Waals surface area contributed by atoms with Crippen LogP contribution in [0.5, 0.6) is 11.5 Å². The van der Waals surface area contributed by atoms with Crippen LogP contribution in [0.1, 0.15) is 21.7 Å². The number of nitrogens with one attached hydrogen (secondary N) is 1. The Bertz CT molecular complexity index is 914. The van der Waals surface area contributed by atoms with Crippen LogP contribution in [0.15, 0.2) is 46.9 Å². The molecule has 0 saturated heterocycles. The number of amides is 1. The lowest BCUT2D eigenvalue weighted by atomic mass is 10.1. The summed E-state index contributed by atoms with van der Waals surface area (Å²) < 4.78 is 21.4. The Morgan fingerprint density at radius 2 is 1.78 bits per heavy atom. The topological polar surface area (TPSA) is 69.9 Å². The third-order valence-electron chi connectivity index (χ3n) is 4.28. The number of hydrogen-bond donors (Lipinski definition) is 1. The molecule has 6 heteroatoms. The van der Waals surface area contributed by atoms with Crippen molar-refractivity contribution in [2.75, 3.05) is 27.4 Å². The van der Waals surface area contributed by atoms with E-state index in [9.17, 15) is 4.79 Å². The Hall–Kier alpha value is -2.99. The van der Waals surface area contributed by atoms with E-state index in [-0.39, 0.29) is 5.91 Å². The summed E-state index contributed by atoms with van der Waals surface area (Å²) in [5, 5.41) is 3.76. The summed E-state index contributed by atoms with van der Waals surface area (Å²) in [4.78, 5) is 12.5. The van der Waals surface area contributed by atoms with E-state index >= 15 is 0 Å². The van der Waals surface area contributed by atoms with Crippen LogP contribution >= 0.6 is 0 Å². The number of benzene rings is 2. The van der Waals surface area contributed by atoms with Crippen molar-refractivity contribution < 1.29 is 23.4 Å². The predicted molar refractivity (Wildman–Crippen MR) is 102 cm³/mol. The van der Waals surface area contributed by atoms with Crippen molar-refractivity contribution in [3.63, 3.8) is 0 Å². The number of hydrogen-bond acceptors (Lipinski definition) is 5. The second kappa shape index (κ2) is 8.60. The number of furan rings is 1. The minimum Gasteiger partial charge on any atom is -0.497 e. The van der Waals surface area contributed by atoms with Crippen LogP contribution in [0.25, 0.3) is 11.0 Å². The molecule has 27 heavy (non-hydrogen) atoms. The highest BCUT2D eigenvalue weighted by Gasteiger charge is 2.17. The van der Waals surface area contributed by atoms with Crippen molar-refractivity contribution >= 4 is 16.9 Å². The van der Waals surface area contributed by atoms with Crippen LogP contribution in [0, 0.1) is 6.92 Å². The van der Waals surface area contributed by atoms with Crippen LogP contribution in [0.4, 0.5) is 0 Å². The second-order valence-electron chi connectivity index (χ2n) is 6.09. The van der Waals surface area contributed by atoms with Crippen LogP contribution in [0.3, 0.4) is 0 Å². The monoisotopic (exact) mass is 369 g/mol. The van der Waals surface area contributed by atoms with Gasteiger partial charge in [0.05, 0.1) is 13.7 Å². The minimum absolute atomic E-state index is 0.247. The quantitative estimate of drug-likeness (QED) is 0.613. The number of carbonyl (C=O) groups excluding carboxylic acids is 1. The fourth-order valence-electron chi connectivity index (χ4n) is 2.75. The molecule has 1 amide bonds. The molecule has 0 saturated carbocycles. The van der Waals surface area contributed by atoms with Gasteiger partial charge in [-0.2, -0.15) is 0 Å². The molecule has 0 unspecified atom stereocenters. The molecule has 1 N–H and O–H groups in total. The van der Waals surface area contributed by atoms with Crippen molar-refractivity contribution in [1.29, 1.82) is 0 Å². The molecule has 142 valence electrons. The summed E-state index contributed by atoms with van der Waals surface area (Å²) in [7, 11) is 3.24. The first-order valence-corrected chi connectivity index (χ1v) is 8.68. The second-order valence-corrected chi connectivity index (χ2v) is 6.09. The molecular formula is C21H23NO5. The number of carbonyl (C=O) groups is 1. The highest BCUT2D eigenvalue weighted by atomic mass is 16.5. The zero-order chi connectivity index (χ0) is 19.2. The van der Waals surface area contributed by atoms with Crippen LogP contribution in [-0.4, -0.2) is 33.3 Å². The van der Waals surface area contributed by atoms with Crippen LogP contribution in [-0.2, 0) is 11.3 Å². The zero-order valence-electron chi connectivity index (χ0n) is 15.7. The Kier molecular flexibility index (Phi) is 5.98. The number of ether oxygens (including phenoxy) is 3. The molecule has 0 bridgehead atoms. The van der Waals surface area contributed by atoms with Gasteiger partial charge in [-0.05, 0) is 42.8 Å². The largest absolute Gasteiger partial charge is 0.497 e. The third-order valence-corrected chi connectivity index (χ3v) is 4.28. The first kappa shape index (κ1) is 18.8. The van der Waals surface area contributed by atoms with E-state index in [0.29, 0.717) is 31.1 Å². The van der Waals surface area contributed by atoms with E-state index < -0.39 is 0 Å². The standard InChI is InChI=1S/C21H23NO5/c1-14-18-12-17(25-3)8-9-19(18)27-20(14)21(23)22-13-15-4-6-16(7-5-15)26-11-10-24-2/h4-9,12H,10-11,13H2,1-3H3,(H,22,23). The van der Waals surface area contributed by atoms with E-state index in [0.717, 1.165) is 28.0 Å². The van der Waals surface area contributed by atoms with Gasteiger partial charge in [0.15, 0.2) is 5.76 Å². The van der Waals surface area contributed by atoms with Crippen LogP contribution < -0.4 is 14.8 Å². The molecule has 0 fully saturated rings. The maximum absolute atomic E-state index is 12.5. The molecule has 6 nitrogen and oxygen atoms in total. The van der Waals surface area contributed by atoms with Gasteiger partial charge >= 0.3 is 0 Å². The first-order chi connectivity index (χ1) is 13.1. The minimum atomic E-state index is -0.247. The maximum atomic E-state index is 12.5. The number of fused-ring (bicyclic) bond motifs is 1. The van der Waals surface area contributed by atoms with E-state index in [2.05, 4.69) is 5.32 Å². The number of rotatable bonds is 8. The summed E-state index contributed by atoms with van der Waals surface area (Å²) in [6.07, 6.45) is 0. The lowest BCUT2D eigenvalue weighted by Gasteiger charge is -2.07. The third kappa shape index (κ3) is 4.41. The average molecular weight is 369 g/mol. The molecule has 2 aromatic carbocycles. The Balaban J connectivity index is 1.64. The van der Waals surface area contributed by atoms with Crippen molar-refractivity contribution in [3.8, 4) is 11.5 Å². The Morgan fingerprint density at radius 1 is 1.04 bits per heavy atom.